The van der Waals surface area contributed by atoms with Crippen LogP contribution >= 0.6 is 0 Å². The molecule has 2 aromatic carbocycles. The first-order valence-electron chi connectivity index (χ1n) is 7.51. The van der Waals surface area contributed by atoms with Gasteiger partial charge >= 0.3 is 0 Å². The summed E-state index contributed by atoms with van der Waals surface area (Å²) in [7, 11) is -3.86. The van der Waals surface area contributed by atoms with Gasteiger partial charge in [-0.15, -0.1) is 0 Å². The summed E-state index contributed by atoms with van der Waals surface area (Å²) in [4.78, 5) is 11.7. The number of hydrogen-bond donors (Lipinski definition) is 2. The normalized spacial score (nSPS) is 12.5. The number of benzene rings is 2. The van der Waals surface area contributed by atoms with E-state index in [1.807, 2.05) is 25.1 Å². The van der Waals surface area contributed by atoms with Crippen molar-refractivity contribution in [2.45, 2.75) is 24.3 Å². The average Bonchev–Trinajstić information content (AvgIpc) is 2.56. The van der Waals surface area contributed by atoms with Crippen LogP contribution in [-0.4, -0.2) is 27.0 Å². The van der Waals surface area contributed by atoms with E-state index in [0.29, 0.717) is 12.4 Å². The van der Waals surface area contributed by atoms with E-state index in [9.17, 15) is 13.2 Å². The van der Waals surface area contributed by atoms with Crippen LogP contribution in [0.15, 0.2) is 59.5 Å². The van der Waals surface area contributed by atoms with Crippen molar-refractivity contribution in [3.8, 4) is 5.75 Å². The monoisotopic (exact) mass is 348 g/mol. The van der Waals surface area contributed by atoms with E-state index in [0.717, 1.165) is 5.56 Å². The molecule has 6 nitrogen and oxygen atoms in total. The molecule has 0 radical (unpaired) electrons. The fourth-order valence-corrected chi connectivity index (χ4v) is 3.39. The highest BCUT2D eigenvalue weighted by molar-refractivity contribution is 7.89. The van der Waals surface area contributed by atoms with Gasteiger partial charge in [-0.1, -0.05) is 30.3 Å². The Morgan fingerprint density at radius 3 is 2.29 bits per heavy atom. The first-order chi connectivity index (χ1) is 11.4. The molecule has 0 heterocycles. The third-order valence-electron chi connectivity index (χ3n) is 3.37. The summed E-state index contributed by atoms with van der Waals surface area (Å²) in [6.45, 7) is 2.33. The van der Waals surface area contributed by atoms with Crippen LogP contribution in [0.1, 0.15) is 12.5 Å². The molecule has 0 aliphatic rings. The van der Waals surface area contributed by atoms with Crippen LogP contribution in [0, 0.1) is 0 Å². The molecule has 0 bridgehead atoms. The van der Waals surface area contributed by atoms with Gasteiger partial charge in [-0.2, -0.15) is 4.72 Å². The Morgan fingerprint density at radius 1 is 1.12 bits per heavy atom. The fourth-order valence-electron chi connectivity index (χ4n) is 2.19. The minimum Gasteiger partial charge on any atom is -0.494 e. The van der Waals surface area contributed by atoms with Gasteiger partial charge in [0.05, 0.1) is 11.5 Å². The lowest BCUT2D eigenvalue weighted by Crippen LogP contribution is -2.45. The smallest absolute Gasteiger partial charge is 0.241 e. The van der Waals surface area contributed by atoms with Gasteiger partial charge in [0.15, 0.2) is 0 Å². The molecule has 0 fully saturated rings. The summed E-state index contributed by atoms with van der Waals surface area (Å²) in [5.41, 5.74) is 6.16. The molecular formula is C17H20N2O4S. The van der Waals surface area contributed by atoms with Crippen LogP contribution in [-0.2, 0) is 21.2 Å². The molecule has 0 aliphatic heterocycles. The van der Waals surface area contributed by atoms with Crippen LogP contribution in [0.25, 0.3) is 0 Å². The lowest BCUT2D eigenvalue weighted by atomic mass is 10.1. The van der Waals surface area contributed by atoms with Crippen LogP contribution in [0.3, 0.4) is 0 Å². The van der Waals surface area contributed by atoms with Crippen LogP contribution in [0.5, 0.6) is 5.75 Å². The largest absolute Gasteiger partial charge is 0.494 e. The standard InChI is InChI=1S/C17H20N2O4S/c1-2-23-14-8-10-15(11-9-14)24(21,22)19-16(17(18)20)12-13-6-4-3-5-7-13/h3-11,16,19H,2,12H2,1H3,(H2,18,20). The Bertz CT molecular complexity index is 774. The van der Waals surface area contributed by atoms with E-state index in [1.54, 1.807) is 24.3 Å². The van der Waals surface area contributed by atoms with Crippen molar-refractivity contribution < 1.29 is 17.9 Å². The third-order valence-corrected chi connectivity index (χ3v) is 4.86. The van der Waals surface area contributed by atoms with Gasteiger partial charge in [0.25, 0.3) is 0 Å². The summed E-state index contributed by atoms with van der Waals surface area (Å²) >= 11 is 0. The van der Waals surface area contributed by atoms with Crippen molar-refractivity contribution in [1.29, 1.82) is 0 Å². The molecule has 0 aliphatic carbocycles. The molecule has 24 heavy (non-hydrogen) atoms. The zero-order valence-electron chi connectivity index (χ0n) is 13.3. The molecule has 7 heteroatoms. The number of sulfonamides is 1. The Hall–Kier alpha value is -2.38. The SMILES string of the molecule is CCOc1ccc(S(=O)(=O)NC(Cc2ccccc2)C(N)=O)cc1. The number of primary amides is 1. The number of nitrogens with one attached hydrogen (secondary N) is 1. The maximum atomic E-state index is 12.4. The quantitative estimate of drug-likeness (QED) is 0.754. The number of carbonyl (C=O) groups is 1. The van der Waals surface area contributed by atoms with Crippen molar-refractivity contribution >= 4 is 15.9 Å². The number of rotatable bonds is 8. The maximum absolute atomic E-state index is 12.4. The van der Waals surface area contributed by atoms with E-state index in [2.05, 4.69) is 4.72 Å². The topological polar surface area (TPSA) is 98.5 Å². The molecule has 3 N–H and O–H groups in total. The van der Waals surface area contributed by atoms with Crippen LogP contribution in [0.2, 0.25) is 0 Å². The number of ether oxygens (including phenoxy) is 1. The molecule has 0 saturated heterocycles. The second kappa shape index (κ2) is 7.94. The second-order valence-corrected chi connectivity index (χ2v) is 6.88. The van der Waals surface area contributed by atoms with Crippen molar-refractivity contribution in [2.24, 2.45) is 5.73 Å². The highest BCUT2D eigenvalue weighted by Gasteiger charge is 2.24. The summed E-state index contributed by atoms with van der Waals surface area (Å²) in [5.74, 6) is -0.152. The number of carbonyl (C=O) groups excluding carboxylic acids is 1. The van der Waals surface area contributed by atoms with Gasteiger partial charge in [-0.05, 0) is 43.2 Å². The fraction of sp³-hybridized carbons (Fsp3) is 0.235. The van der Waals surface area contributed by atoms with Crippen LogP contribution in [0.4, 0.5) is 0 Å². The second-order valence-electron chi connectivity index (χ2n) is 5.17. The van der Waals surface area contributed by atoms with Crippen LogP contribution < -0.4 is 15.2 Å². The Morgan fingerprint density at radius 2 is 1.75 bits per heavy atom. The van der Waals surface area contributed by atoms with E-state index in [-0.39, 0.29) is 11.3 Å². The predicted octanol–water partition coefficient (Wildman–Crippen LogP) is 1.46. The summed E-state index contributed by atoms with van der Waals surface area (Å²) in [6, 6.07) is 14.0. The van der Waals surface area contributed by atoms with Crippen molar-refractivity contribution in [3.05, 3.63) is 60.2 Å². The molecule has 1 amide bonds. The van der Waals surface area contributed by atoms with Gasteiger partial charge in [-0.25, -0.2) is 8.42 Å². The Kier molecular flexibility index (Phi) is 5.94. The van der Waals surface area contributed by atoms with Gasteiger partial charge in [0, 0.05) is 0 Å². The van der Waals surface area contributed by atoms with Crippen molar-refractivity contribution in [1.82, 2.24) is 4.72 Å². The maximum Gasteiger partial charge on any atom is 0.241 e. The first-order valence-corrected chi connectivity index (χ1v) is 8.99. The molecule has 0 spiro atoms. The molecule has 0 saturated carbocycles. The molecule has 1 unspecified atom stereocenters. The summed E-state index contributed by atoms with van der Waals surface area (Å²) < 4.78 is 32.5. The van der Waals surface area contributed by atoms with Gasteiger partial charge in [0.1, 0.15) is 11.8 Å². The average molecular weight is 348 g/mol. The molecule has 128 valence electrons. The number of hydrogen-bond acceptors (Lipinski definition) is 4. The van der Waals surface area contributed by atoms with Crippen molar-refractivity contribution in [3.63, 3.8) is 0 Å². The highest BCUT2D eigenvalue weighted by atomic mass is 32.2. The zero-order valence-corrected chi connectivity index (χ0v) is 14.1. The van der Waals surface area contributed by atoms with E-state index >= 15 is 0 Å². The minimum absolute atomic E-state index is 0.0465. The van der Waals surface area contributed by atoms with Gasteiger partial charge < -0.3 is 10.5 Å². The zero-order chi connectivity index (χ0) is 17.6. The lowest BCUT2D eigenvalue weighted by Gasteiger charge is -2.16. The van der Waals surface area contributed by atoms with E-state index in [1.165, 1.54) is 12.1 Å². The molecular weight excluding hydrogens is 328 g/mol. The highest BCUT2D eigenvalue weighted by Crippen LogP contribution is 2.16. The van der Waals surface area contributed by atoms with Crippen molar-refractivity contribution in [2.75, 3.05) is 6.61 Å². The summed E-state index contributed by atoms with van der Waals surface area (Å²) in [6.07, 6.45) is 0.187. The van der Waals surface area contributed by atoms with E-state index in [4.69, 9.17) is 10.5 Å². The summed E-state index contributed by atoms with van der Waals surface area (Å²) in [5, 5.41) is 0. The number of amides is 1. The molecule has 2 rings (SSSR count). The molecule has 0 aromatic heterocycles. The third kappa shape index (κ3) is 4.81. The Balaban J connectivity index is 2.16. The minimum atomic E-state index is -3.86. The lowest BCUT2D eigenvalue weighted by molar-refractivity contribution is -0.119. The first kappa shape index (κ1) is 18.0. The predicted molar refractivity (Wildman–Crippen MR) is 91.1 cm³/mol. The molecule has 2 aromatic rings. The Labute approximate surface area is 141 Å². The molecule has 1 atom stereocenters. The van der Waals surface area contributed by atoms with Gasteiger partial charge in [0.2, 0.25) is 15.9 Å². The van der Waals surface area contributed by atoms with E-state index < -0.39 is 22.0 Å². The van der Waals surface area contributed by atoms with Gasteiger partial charge in [-0.3, -0.25) is 4.79 Å². The number of nitrogens with two attached hydrogens (primary N) is 1.